The van der Waals surface area contributed by atoms with Crippen LogP contribution in [0.2, 0.25) is 0 Å². The van der Waals surface area contributed by atoms with Crippen LogP contribution in [0.3, 0.4) is 0 Å². The number of hydrogen-bond acceptors (Lipinski definition) is 3. The number of anilines is 1. The summed E-state index contributed by atoms with van der Waals surface area (Å²) >= 11 is 3.19. The molecule has 1 aromatic carbocycles. The Kier molecular flexibility index (Phi) is 2.64. The van der Waals surface area contributed by atoms with E-state index in [2.05, 4.69) is 20.9 Å². The lowest BCUT2D eigenvalue weighted by molar-refractivity contribution is -0.135. The van der Waals surface area contributed by atoms with Crippen molar-refractivity contribution in [3.05, 3.63) is 34.2 Å². The smallest absolute Gasteiger partial charge is 0.241 e. The molecule has 0 unspecified atom stereocenters. The van der Waals surface area contributed by atoms with E-state index < -0.39 is 11.2 Å². The van der Waals surface area contributed by atoms with E-state index in [0.29, 0.717) is 23.1 Å². The zero-order valence-corrected chi connectivity index (χ0v) is 13.2. The summed E-state index contributed by atoms with van der Waals surface area (Å²) < 4.78 is 14.1. The lowest BCUT2D eigenvalue weighted by Crippen LogP contribution is -2.63. The van der Waals surface area contributed by atoms with Crippen molar-refractivity contribution in [2.75, 3.05) is 25.0 Å². The zero-order valence-electron chi connectivity index (χ0n) is 11.6. The Morgan fingerprint density at radius 1 is 1.41 bits per heavy atom. The summed E-state index contributed by atoms with van der Waals surface area (Å²) in [5, 5.41) is 0.744. The van der Waals surface area contributed by atoms with Gasteiger partial charge in [0.25, 0.3) is 0 Å². The van der Waals surface area contributed by atoms with Crippen LogP contribution in [-0.4, -0.2) is 42.3 Å². The second-order valence-corrected chi connectivity index (χ2v) is 6.61. The van der Waals surface area contributed by atoms with Gasteiger partial charge in [0.05, 0.1) is 21.9 Å². The molecule has 0 atom stereocenters. The van der Waals surface area contributed by atoms with Crippen LogP contribution in [0.1, 0.15) is 5.56 Å². The third-order valence-corrected chi connectivity index (χ3v) is 5.15. The summed E-state index contributed by atoms with van der Waals surface area (Å²) in [6.45, 7) is 0.696. The van der Waals surface area contributed by atoms with Crippen LogP contribution in [0.15, 0.2) is 22.8 Å². The lowest BCUT2D eigenvalue weighted by atomic mass is 9.74. The Morgan fingerprint density at radius 2 is 2.14 bits per heavy atom. The second-order valence-electron chi connectivity index (χ2n) is 5.76. The fourth-order valence-electron chi connectivity index (χ4n) is 3.49. The Hall–Kier alpha value is -2.02. The molecule has 7 heteroatoms. The first kappa shape index (κ1) is 13.6. The predicted octanol–water partition coefficient (Wildman–Crippen LogP) is 1.82. The van der Waals surface area contributed by atoms with Gasteiger partial charge in [0.2, 0.25) is 12.3 Å². The molecule has 1 fully saturated rings. The summed E-state index contributed by atoms with van der Waals surface area (Å²) in [6.07, 6.45) is 2.34. The van der Waals surface area contributed by atoms with Gasteiger partial charge in [-0.2, -0.15) is 0 Å². The van der Waals surface area contributed by atoms with E-state index >= 15 is 0 Å². The van der Waals surface area contributed by atoms with Crippen molar-refractivity contribution in [3.8, 4) is 0 Å². The molecule has 3 heterocycles. The second kappa shape index (κ2) is 4.25. The van der Waals surface area contributed by atoms with Gasteiger partial charge in [0.1, 0.15) is 11.2 Å². The maximum Gasteiger partial charge on any atom is 0.241 e. The van der Waals surface area contributed by atoms with Gasteiger partial charge in [-0.25, -0.2) is 4.39 Å². The van der Waals surface area contributed by atoms with E-state index in [4.69, 9.17) is 0 Å². The van der Waals surface area contributed by atoms with E-state index in [1.165, 1.54) is 6.07 Å². The molecule has 0 radical (unpaired) electrons. The molecule has 112 valence electrons. The number of amides is 2. The van der Waals surface area contributed by atoms with Crippen molar-refractivity contribution < 1.29 is 14.0 Å². The Labute approximate surface area is 133 Å². The first-order chi connectivity index (χ1) is 10.5. The van der Waals surface area contributed by atoms with E-state index in [-0.39, 0.29) is 5.91 Å². The summed E-state index contributed by atoms with van der Waals surface area (Å²) in [4.78, 5) is 31.0. The largest absolute Gasteiger partial charge is 0.342 e. The molecule has 22 heavy (non-hydrogen) atoms. The number of aromatic nitrogens is 1. The highest BCUT2D eigenvalue weighted by atomic mass is 79.9. The fourth-order valence-corrected chi connectivity index (χ4v) is 3.83. The number of likely N-dealkylation sites (N-methyl/N-ethyl adjacent to an activating group) is 1. The standard InChI is InChI=1S/C15H11BrFN3O2/c1-19-12-4-18-11-3-10(17)9(16)2-8(11)13(12)15(14(19)22)5-20(6-15)7-21/h2-4,7H,5-6H2,1H3. The Morgan fingerprint density at radius 3 is 2.82 bits per heavy atom. The summed E-state index contributed by atoms with van der Waals surface area (Å²) in [7, 11) is 1.70. The molecule has 0 saturated carbocycles. The average molecular weight is 364 g/mol. The monoisotopic (exact) mass is 363 g/mol. The minimum Gasteiger partial charge on any atom is -0.342 e. The minimum absolute atomic E-state index is 0.0460. The van der Waals surface area contributed by atoms with Crippen molar-refractivity contribution in [3.63, 3.8) is 0 Å². The van der Waals surface area contributed by atoms with E-state index in [1.54, 1.807) is 29.1 Å². The van der Waals surface area contributed by atoms with Crippen molar-refractivity contribution in [1.29, 1.82) is 0 Å². The molecule has 1 spiro atoms. The zero-order chi connectivity index (χ0) is 15.6. The number of fused-ring (bicyclic) bond motifs is 4. The number of hydrogen-bond donors (Lipinski definition) is 0. The van der Waals surface area contributed by atoms with Gasteiger partial charge >= 0.3 is 0 Å². The van der Waals surface area contributed by atoms with E-state index in [0.717, 1.165) is 23.0 Å². The highest BCUT2D eigenvalue weighted by Gasteiger charge is 2.58. The quantitative estimate of drug-likeness (QED) is 0.726. The molecule has 2 aliphatic rings. The highest BCUT2D eigenvalue weighted by molar-refractivity contribution is 9.10. The van der Waals surface area contributed by atoms with Gasteiger partial charge < -0.3 is 9.80 Å². The molecular weight excluding hydrogens is 353 g/mol. The molecule has 2 aliphatic heterocycles. The van der Waals surface area contributed by atoms with Crippen molar-refractivity contribution in [2.24, 2.45) is 0 Å². The van der Waals surface area contributed by atoms with Crippen LogP contribution in [0.5, 0.6) is 0 Å². The summed E-state index contributed by atoms with van der Waals surface area (Å²) in [5.74, 6) is -0.440. The molecular formula is C15H11BrFN3O2. The SMILES string of the molecule is CN1C(=O)C2(CN(C=O)C2)c2c1cnc1cc(F)c(Br)cc21. The van der Waals surface area contributed by atoms with Crippen LogP contribution in [-0.2, 0) is 15.0 Å². The maximum atomic E-state index is 13.7. The fraction of sp³-hybridized carbons (Fsp3) is 0.267. The van der Waals surface area contributed by atoms with Gasteiger partial charge in [-0.1, -0.05) is 0 Å². The number of carbonyl (C=O) groups excluding carboxylic acids is 2. The normalized spacial score (nSPS) is 18.8. The first-order valence-corrected chi connectivity index (χ1v) is 7.53. The predicted molar refractivity (Wildman–Crippen MR) is 82.1 cm³/mol. The molecule has 5 nitrogen and oxygen atoms in total. The molecule has 0 aliphatic carbocycles. The Bertz CT molecular complexity index is 848. The number of likely N-dealkylation sites (tertiary alicyclic amines) is 1. The third kappa shape index (κ3) is 1.49. The van der Waals surface area contributed by atoms with Gasteiger partial charge in [-0.05, 0) is 22.0 Å². The number of rotatable bonds is 1. The van der Waals surface area contributed by atoms with Crippen LogP contribution in [0.25, 0.3) is 10.9 Å². The molecule has 1 saturated heterocycles. The van der Waals surface area contributed by atoms with E-state index in [9.17, 15) is 14.0 Å². The highest BCUT2D eigenvalue weighted by Crippen LogP contribution is 2.49. The van der Waals surface area contributed by atoms with Crippen LogP contribution < -0.4 is 4.90 Å². The number of nitrogens with zero attached hydrogens (tertiary/aromatic N) is 3. The van der Waals surface area contributed by atoms with Gasteiger partial charge in [0.15, 0.2) is 0 Å². The lowest BCUT2D eigenvalue weighted by Gasteiger charge is -2.44. The summed E-state index contributed by atoms with van der Waals surface area (Å²) in [5.41, 5.74) is 1.33. The number of halogens is 2. The van der Waals surface area contributed by atoms with E-state index in [1.807, 2.05) is 0 Å². The number of carbonyl (C=O) groups is 2. The van der Waals surface area contributed by atoms with Crippen LogP contribution in [0, 0.1) is 5.82 Å². The maximum absolute atomic E-state index is 13.7. The Balaban J connectivity index is 2.02. The van der Waals surface area contributed by atoms with Crippen molar-refractivity contribution in [1.82, 2.24) is 9.88 Å². The van der Waals surface area contributed by atoms with Crippen LogP contribution >= 0.6 is 15.9 Å². The van der Waals surface area contributed by atoms with Crippen molar-refractivity contribution >= 4 is 44.8 Å². The minimum atomic E-state index is -0.733. The molecule has 0 bridgehead atoms. The summed E-state index contributed by atoms with van der Waals surface area (Å²) in [6, 6.07) is 3.01. The number of pyridine rings is 1. The number of benzene rings is 1. The molecule has 1 aromatic heterocycles. The van der Waals surface area contributed by atoms with Gasteiger partial charge in [-0.3, -0.25) is 14.6 Å². The molecule has 2 aromatic rings. The van der Waals surface area contributed by atoms with Gasteiger partial charge in [-0.15, -0.1) is 0 Å². The molecule has 2 amide bonds. The van der Waals surface area contributed by atoms with Crippen LogP contribution in [0.4, 0.5) is 10.1 Å². The third-order valence-electron chi connectivity index (χ3n) is 4.54. The topological polar surface area (TPSA) is 53.5 Å². The van der Waals surface area contributed by atoms with Crippen molar-refractivity contribution in [2.45, 2.75) is 5.41 Å². The molecule has 0 N–H and O–H groups in total. The first-order valence-electron chi connectivity index (χ1n) is 6.74. The average Bonchev–Trinajstić information content (AvgIpc) is 2.68. The molecule has 4 rings (SSSR count). The van der Waals surface area contributed by atoms with Gasteiger partial charge in [0, 0.05) is 37.2 Å².